The Morgan fingerprint density at radius 1 is 1.07 bits per heavy atom. The summed E-state index contributed by atoms with van der Waals surface area (Å²) in [5.74, 6) is -0.474. The molecule has 42 heavy (non-hydrogen) atoms. The molecular formula is C31H27FN8OS. The predicted molar refractivity (Wildman–Crippen MR) is 162 cm³/mol. The molecule has 0 spiro atoms. The second-order valence-electron chi connectivity index (χ2n) is 10.4. The predicted octanol–water partition coefficient (Wildman–Crippen LogP) is 5.69. The van der Waals surface area contributed by atoms with Crippen LogP contribution in [0, 0.1) is 5.82 Å². The molecule has 1 saturated heterocycles. The Bertz CT molecular complexity index is 1870. The second-order valence-corrected chi connectivity index (χ2v) is 11.5. The van der Waals surface area contributed by atoms with E-state index in [2.05, 4.69) is 56.2 Å². The lowest BCUT2D eigenvalue weighted by atomic mass is 10.0. The van der Waals surface area contributed by atoms with E-state index in [1.165, 1.54) is 12.1 Å². The van der Waals surface area contributed by atoms with Gasteiger partial charge in [-0.1, -0.05) is 35.5 Å². The minimum atomic E-state index is -0.604. The fourth-order valence-electron chi connectivity index (χ4n) is 5.46. The summed E-state index contributed by atoms with van der Waals surface area (Å²) in [6, 6.07) is 16.8. The molecule has 4 aromatic heterocycles. The van der Waals surface area contributed by atoms with Gasteiger partial charge in [-0.25, -0.2) is 9.37 Å². The summed E-state index contributed by atoms with van der Waals surface area (Å²) >= 11 is 1.64. The number of rotatable bonds is 6. The van der Waals surface area contributed by atoms with Crippen molar-refractivity contribution < 1.29 is 9.18 Å². The van der Waals surface area contributed by atoms with Crippen molar-refractivity contribution in [2.24, 2.45) is 7.05 Å². The van der Waals surface area contributed by atoms with Crippen molar-refractivity contribution in [3.8, 4) is 32.8 Å². The van der Waals surface area contributed by atoms with Gasteiger partial charge in [0, 0.05) is 52.1 Å². The molecule has 1 atom stereocenters. The number of piperidine rings is 1. The zero-order valence-electron chi connectivity index (χ0n) is 22.8. The third-order valence-corrected chi connectivity index (χ3v) is 8.76. The molecule has 7 rings (SSSR count). The SMILES string of the molecule is Cn1cc(-c2ccc(C(=O)N(c3nccc4sc(-c5ccc(-c6cn[nH]c6)cc5)cc34)[C@@H]3CCCNC3)c(F)c2)nn1. The molecule has 1 fully saturated rings. The van der Waals surface area contributed by atoms with E-state index in [0.717, 1.165) is 51.0 Å². The largest absolute Gasteiger partial charge is 0.315 e. The third-order valence-electron chi connectivity index (χ3n) is 7.61. The van der Waals surface area contributed by atoms with Crippen molar-refractivity contribution in [1.82, 2.24) is 35.5 Å². The van der Waals surface area contributed by atoms with E-state index < -0.39 is 11.7 Å². The number of carbonyl (C=O) groups is 1. The number of anilines is 1. The maximum Gasteiger partial charge on any atom is 0.262 e. The number of aromatic nitrogens is 6. The quantitative estimate of drug-likeness (QED) is 0.263. The third kappa shape index (κ3) is 4.86. The lowest BCUT2D eigenvalue weighted by molar-refractivity contribution is 0.0968. The molecule has 0 radical (unpaired) electrons. The summed E-state index contributed by atoms with van der Waals surface area (Å²) in [5.41, 5.74) is 4.26. The van der Waals surface area contributed by atoms with E-state index in [4.69, 9.17) is 4.98 Å². The molecule has 0 unspecified atom stereocenters. The number of amides is 1. The van der Waals surface area contributed by atoms with Gasteiger partial charge in [0.15, 0.2) is 0 Å². The van der Waals surface area contributed by atoms with Crippen molar-refractivity contribution in [3.05, 3.63) is 90.8 Å². The van der Waals surface area contributed by atoms with Gasteiger partial charge in [-0.3, -0.25) is 19.5 Å². The minimum absolute atomic E-state index is 0.00250. The molecule has 5 heterocycles. The zero-order valence-corrected chi connectivity index (χ0v) is 23.6. The monoisotopic (exact) mass is 578 g/mol. The van der Waals surface area contributed by atoms with E-state index in [1.54, 1.807) is 52.6 Å². The van der Waals surface area contributed by atoms with Crippen molar-refractivity contribution >= 4 is 33.1 Å². The molecule has 6 aromatic rings. The number of H-pyrrole nitrogens is 1. The zero-order chi connectivity index (χ0) is 28.6. The van der Waals surface area contributed by atoms with Crippen LogP contribution in [0.25, 0.3) is 42.9 Å². The molecule has 210 valence electrons. The Balaban J connectivity index is 1.27. The summed E-state index contributed by atoms with van der Waals surface area (Å²) in [6.07, 6.45) is 8.80. The molecule has 1 aliphatic heterocycles. The Kier molecular flexibility index (Phi) is 6.80. The average molecular weight is 579 g/mol. The summed E-state index contributed by atoms with van der Waals surface area (Å²) in [5, 5.41) is 19.1. The van der Waals surface area contributed by atoms with Crippen LogP contribution in [0.1, 0.15) is 23.2 Å². The Morgan fingerprint density at radius 2 is 1.90 bits per heavy atom. The Hall–Kier alpha value is -4.74. The number of nitrogens with one attached hydrogen (secondary N) is 2. The van der Waals surface area contributed by atoms with Crippen molar-refractivity contribution in [3.63, 3.8) is 0 Å². The van der Waals surface area contributed by atoms with Crippen LogP contribution in [-0.2, 0) is 7.05 Å². The molecule has 11 heteroatoms. The Morgan fingerprint density at radius 3 is 2.62 bits per heavy atom. The van der Waals surface area contributed by atoms with Crippen LogP contribution in [0.5, 0.6) is 0 Å². The number of halogens is 1. The topological polar surface area (TPSA) is 105 Å². The second kappa shape index (κ2) is 10.9. The summed E-state index contributed by atoms with van der Waals surface area (Å²) in [4.78, 5) is 21.6. The van der Waals surface area contributed by atoms with Crippen molar-refractivity contribution in [1.29, 1.82) is 0 Å². The molecule has 2 N–H and O–H groups in total. The van der Waals surface area contributed by atoms with E-state index in [-0.39, 0.29) is 11.6 Å². The first-order valence-electron chi connectivity index (χ1n) is 13.7. The minimum Gasteiger partial charge on any atom is -0.315 e. The normalized spacial score (nSPS) is 15.2. The van der Waals surface area contributed by atoms with Crippen molar-refractivity contribution in [2.45, 2.75) is 18.9 Å². The van der Waals surface area contributed by atoms with Gasteiger partial charge in [0.25, 0.3) is 5.91 Å². The summed E-state index contributed by atoms with van der Waals surface area (Å²) in [7, 11) is 1.75. The Labute approximate surface area is 245 Å². The van der Waals surface area contributed by atoms with Gasteiger partial charge in [-0.2, -0.15) is 5.10 Å². The first kappa shape index (κ1) is 26.2. The van der Waals surface area contributed by atoms with Crippen LogP contribution in [0.2, 0.25) is 0 Å². The molecule has 0 saturated carbocycles. The molecule has 0 aliphatic carbocycles. The number of benzene rings is 2. The number of aryl methyl sites for hydroxylation is 1. The molecule has 2 aromatic carbocycles. The molecule has 1 aliphatic rings. The number of carbonyl (C=O) groups excluding carboxylic acids is 1. The number of fused-ring (bicyclic) bond motifs is 1. The van der Waals surface area contributed by atoms with Crippen LogP contribution in [0.15, 0.2) is 79.4 Å². The highest BCUT2D eigenvalue weighted by atomic mass is 32.1. The number of pyridine rings is 1. The van der Waals surface area contributed by atoms with Gasteiger partial charge >= 0.3 is 0 Å². The van der Waals surface area contributed by atoms with E-state index >= 15 is 4.39 Å². The van der Waals surface area contributed by atoms with Crippen LogP contribution in [0.3, 0.4) is 0 Å². The number of aromatic amines is 1. The maximum atomic E-state index is 15.6. The van der Waals surface area contributed by atoms with Crippen LogP contribution in [-0.4, -0.2) is 55.2 Å². The number of hydrogen-bond donors (Lipinski definition) is 2. The lowest BCUT2D eigenvalue weighted by Gasteiger charge is -2.34. The maximum absolute atomic E-state index is 15.6. The highest BCUT2D eigenvalue weighted by Gasteiger charge is 2.32. The first-order valence-corrected chi connectivity index (χ1v) is 14.6. The first-order chi connectivity index (χ1) is 20.5. The molecular weight excluding hydrogens is 551 g/mol. The average Bonchev–Trinajstić information content (AvgIpc) is 3.79. The van der Waals surface area contributed by atoms with Gasteiger partial charge in [0.1, 0.15) is 17.3 Å². The summed E-state index contributed by atoms with van der Waals surface area (Å²) < 4.78 is 18.1. The fraction of sp³-hybridized carbons (Fsp3) is 0.194. The standard InChI is InChI=1S/C31H27FN8OS/c1-39-18-27(37-38-39)21-8-9-24(26(32)13-21)31(41)40(23-3-2-11-33-17-23)30-25-14-29(42-28(25)10-12-34-30)20-6-4-19(5-7-20)22-15-35-36-16-22/h4-10,12-16,18,23,33H,2-3,11,17H2,1H3,(H,35,36)/t23-/m1/s1. The van der Waals surface area contributed by atoms with E-state index in [0.29, 0.717) is 23.6 Å². The van der Waals surface area contributed by atoms with E-state index in [9.17, 15) is 4.79 Å². The van der Waals surface area contributed by atoms with Gasteiger partial charge in [0.05, 0.1) is 24.0 Å². The number of hydrogen-bond acceptors (Lipinski definition) is 7. The molecule has 0 bridgehead atoms. The smallest absolute Gasteiger partial charge is 0.262 e. The number of thiophene rings is 1. The van der Waals surface area contributed by atoms with Gasteiger partial charge in [-0.15, -0.1) is 16.4 Å². The van der Waals surface area contributed by atoms with Crippen LogP contribution in [0.4, 0.5) is 10.2 Å². The van der Waals surface area contributed by atoms with Crippen molar-refractivity contribution in [2.75, 3.05) is 18.0 Å². The van der Waals surface area contributed by atoms with Gasteiger partial charge in [-0.05, 0) is 54.8 Å². The van der Waals surface area contributed by atoms with Gasteiger partial charge < -0.3 is 5.32 Å². The van der Waals surface area contributed by atoms with E-state index in [1.807, 2.05) is 12.3 Å². The lowest BCUT2D eigenvalue weighted by Crippen LogP contribution is -2.49. The van der Waals surface area contributed by atoms with Crippen LogP contribution >= 0.6 is 11.3 Å². The number of nitrogens with zero attached hydrogens (tertiary/aromatic N) is 6. The molecule has 9 nitrogen and oxygen atoms in total. The van der Waals surface area contributed by atoms with Gasteiger partial charge in [0.2, 0.25) is 0 Å². The fourth-order valence-corrected chi connectivity index (χ4v) is 6.52. The molecule has 1 amide bonds. The summed E-state index contributed by atoms with van der Waals surface area (Å²) in [6.45, 7) is 1.49. The highest BCUT2D eigenvalue weighted by Crippen LogP contribution is 2.39. The van der Waals surface area contributed by atoms with Crippen LogP contribution < -0.4 is 10.2 Å². The highest BCUT2D eigenvalue weighted by molar-refractivity contribution is 7.22.